The number of hydrogen-bond donors (Lipinski definition) is 1. The summed E-state index contributed by atoms with van der Waals surface area (Å²) in [4.78, 5) is 14.2. The predicted octanol–water partition coefficient (Wildman–Crippen LogP) is 1.32. The second-order valence-corrected chi connectivity index (χ2v) is 2.24. The van der Waals surface area contributed by atoms with Gasteiger partial charge in [-0.15, -0.1) is 0 Å². The minimum atomic E-state index is -1.01. The van der Waals surface area contributed by atoms with Crippen molar-refractivity contribution in [2.75, 3.05) is 0 Å². The Morgan fingerprint density at radius 1 is 1.62 bits per heavy atom. The first-order valence-corrected chi connectivity index (χ1v) is 3.49. The first kappa shape index (κ1) is 8.94. The van der Waals surface area contributed by atoms with Gasteiger partial charge in [-0.25, -0.2) is 4.79 Å². The fourth-order valence-electron chi connectivity index (χ4n) is 0.753. The lowest BCUT2D eigenvalue weighted by molar-refractivity contribution is 0.0696. The number of nitrogens with zero attached hydrogens (tertiary/aromatic N) is 2. The predicted molar refractivity (Wildman–Crippen MR) is 45.8 cm³/mol. The van der Waals surface area contributed by atoms with Crippen molar-refractivity contribution in [3.63, 3.8) is 0 Å². The van der Waals surface area contributed by atoms with Crippen LogP contribution in [0, 0.1) is 11.3 Å². The molecule has 0 aliphatic heterocycles. The zero-order valence-corrected chi connectivity index (χ0v) is 6.64. The highest BCUT2D eigenvalue weighted by Crippen LogP contribution is 2.01. The van der Waals surface area contributed by atoms with Crippen LogP contribution in [0.3, 0.4) is 0 Å². The van der Waals surface area contributed by atoms with Crippen LogP contribution in [0.15, 0.2) is 24.4 Å². The molecule has 0 saturated heterocycles. The third kappa shape index (κ3) is 2.42. The van der Waals surface area contributed by atoms with Crippen LogP contribution in [0.1, 0.15) is 16.1 Å². The van der Waals surface area contributed by atoms with Gasteiger partial charge in [-0.3, -0.25) is 4.98 Å². The van der Waals surface area contributed by atoms with E-state index in [-0.39, 0.29) is 5.56 Å². The third-order valence-corrected chi connectivity index (χ3v) is 1.36. The van der Waals surface area contributed by atoms with Crippen LogP contribution in [-0.2, 0) is 0 Å². The Bertz CT molecular complexity index is 374. The van der Waals surface area contributed by atoms with Crippen LogP contribution in [-0.4, -0.2) is 16.1 Å². The molecule has 0 aliphatic rings. The molecule has 4 heteroatoms. The summed E-state index contributed by atoms with van der Waals surface area (Å²) in [5, 5.41) is 16.8. The number of carboxylic acid groups (broad SMARTS) is 1. The largest absolute Gasteiger partial charge is 0.478 e. The van der Waals surface area contributed by atoms with E-state index in [1.807, 2.05) is 6.07 Å². The number of aromatic carboxylic acids is 1. The standard InChI is InChI=1S/C9H6N2O2/c10-5-1-2-8-4-3-7(6-11-8)9(12)13/h1-4,6H,(H,12,13). The molecule has 4 nitrogen and oxygen atoms in total. The van der Waals surface area contributed by atoms with Crippen LogP contribution < -0.4 is 0 Å². The van der Waals surface area contributed by atoms with E-state index in [0.717, 1.165) is 0 Å². The SMILES string of the molecule is N#CC=Cc1ccc(C(=O)O)cn1. The number of hydrogen-bond acceptors (Lipinski definition) is 3. The van der Waals surface area contributed by atoms with Crippen LogP contribution in [0.5, 0.6) is 0 Å². The second-order valence-electron chi connectivity index (χ2n) is 2.24. The fraction of sp³-hybridized carbons (Fsp3) is 0. The summed E-state index contributed by atoms with van der Waals surface area (Å²) in [6.45, 7) is 0. The van der Waals surface area contributed by atoms with Crippen molar-refractivity contribution in [3.8, 4) is 6.07 Å². The minimum absolute atomic E-state index is 0.133. The molecule has 0 radical (unpaired) electrons. The number of pyridine rings is 1. The lowest BCUT2D eigenvalue weighted by Gasteiger charge is -1.93. The zero-order chi connectivity index (χ0) is 9.68. The quantitative estimate of drug-likeness (QED) is 0.686. The molecule has 0 amide bonds. The number of carbonyl (C=O) groups is 1. The molecule has 0 bridgehead atoms. The molecule has 13 heavy (non-hydrogen) atoms. The fourth-order valence-corrected chi connectivity index (χ4v) is 0.753. The van der Waals surface area contributed by atoms with Gasteiger partial charge in [-0.2, -0.15) is 5.26 Å². The molecule has 0 atom stereocenters. The molecule has 0 aromatic carbocycles. The van der Waals surface area contributed by atoms with Crippen molar-refractivity contribution in [2.24, 2.45) is 0 Å². The summed E-state index contributed by atoms with van der Waals surface area (Å²) < 4.78 is 0. The van der Waals surface area contributed by atoms with Gasteiger partial charge in [0.05, 0.1) is 17.3 Å². The van der Waals surface area contributed by atoms with Crippen molar-refractivity contribution in [1.29, 1.82) is 5.26 Å². The van der Waals surface area contributed by atoms with Gasteiger partial charge < -0.3 is 5.11 Å². The maximum Gasteiger partial charge on any atom is 0.337 e. The molecule has 0 fully saturated rings. The first-order chi connectivity index (χ1) is 6.24. The van der Waals surface area contributed by atoms with Gasteiger partial charge in [-0.1, -0.05) is 0 Å². The Kier molecular flexibility index (Phi) is 2.77. The number of allylic oxidation sites excluding steroid dienone is 1. The summed E-state index contributed by atoms with van der Waals surface area (Å²) in [7, 11) is 0. The number of aromatic nitrogens is 1. The highest BCUT2D eigenvalue weighted by Gasteiger charge is 2.00. The van der Waals surface area contributed by atoms with E-state index in [9.17, 15) is 4.79 Å². The Morgan fingerprint density at radius 2 is 2.38 bits per heavy atom. The molecule has 1 N–H and O–H groups in total. The van der Waals surface area contributed by atoms with Crippen molar-refractivity contribution in [1.82, 2.24) is 4.98 Å². The summed E-state index contributed by atoms with van der Waals surface area (Å²) >= 11 is 0. The van der Waals surface area contributed by atoms with E-state index in [1.54, 1.807) is 0 Å². The number of carboxylic acids is 1. The second kappa shape index (κ2) is 4.02. The van der Waals surface area contributed by atoms with Crippen molar-refractivity contribution in [3.05, 3.63) is 35.7 Å². The molecule has 0 spiro atoms. The molecule has 0 saturated carbocycles. The molecule has 1 rings (SSSR count). The van der Waals surface area contributed by atoms with Gasteiger partial charge in [0.1, 0.15) is 0 Å². The van der Waals surface area contributed by atoms with Crippen LogP contribution in [0.4, 0.5) is 0 Å². The Hall–Kier alpha value is -2.15. The molecule has 1 aromatic heterocycles. The van der Waals surface area contributed by atoms with E-state index < -0.39 is 5.97 Å². The van der Waals surface area contributed by atoms with Gasteiger partial charge in [0.25, 0.3) is 0 Å². The Labute approximate surface area is 74.8 Å². The van der Waals surface area contributed by atoms with Crippen LogP contribution in [0.25, 0.3) is 6.08 Å². The normalized spacial score (nSPS) is 9.77. The zero-order valence-electron chi connectivity index (χ0n) is 6.64. The van der Waals surface area contributed by atoms with Crippen molar-refractivity contribution < 1.29 is 9.90 Å². The molecule has 0 aliphatic carbocycles. The van der Waals surface area contributed by atoms with Crippen LogP contribution in [0.2, 0.25) is 0 Å². The maximum absolute atomic E-state index is 10.4. The number of nitriles is 1. The topological polar surface area (TPSA) is 74.0 Å². The highest BCUT2D eigenvalue weighted by molar-refractivity contribution is 5.87. The molecule has 64 valence electrons. The van der Waals surface area contributed by atoms with Gasteiger partial charge in [0, 0.05) is 12.3 Å². The summed E-state index contributed by atoms with van der Waals surface area (Å²) in [5.74, 6) is -1.01. The summed E-state index contributed by atoms with van der Waals surface area (Å²) in [6.07, 6.45) is 4.04. The van der Waals surface area contributed by atoms with E-state index in [0.29, 0.717) is 5.69 Å². The van der Waals surface area contributed by atoms with Crippen LogP contribution >= 0.6 is 0 Å². The van der Waals surface area contributed by atoms with Gasteiger partial charge >= 0.3 is 5.97 Å². The Morgan fingerprint density at radius 3 is 2.85 bits per heavy atom. The lowest BCUT2D eigenvalue weighted by Crippen LogP contribution is -1.96. The Balaban J connectivity index is 2.89. The van der Waals surface area contributed by atoms with E-state index in [2.05, 4.69) is 4.98 Å². The average Bonchev–Trinajstić information content (AvgIpc) is 2.15. The average molecular weight is 174 g/mol. The van der Waals surface area contributed by atoms with Crippen molar-refractivity contribution in [2.45, 2.75) is 0 Å². The lowest BCUT2D eigenvalue weighted by atomic mass is 10.2. The molecular weight excluding hydrogens is 168 g/mol. The molecule has 1 heterocycles. The summed E-state index contributed by atoms with van der Waals surface area (Å²) in [5.41, 5.74) is 0.695. The monoisotopic (exact) mass is 174 g/mol. The molecule has 1 aromatic rings. The highest BCUT2D eigenvalue weighted by atomic mass is 16.4. The smallest absolute Gasteiger partial charge is 0.337 e. The first-order valence-electron chi connectivity index (χ1n) is 3.49. The van der Waals surface area contributed by atoms with Gasteiger partial charge in [0.2, 0.25) is 0 Å². The van der Waals surface area contributed by atoms with Gasteiger partial charge in [-0.05, 0) is 18.2 Å². The van der Waals surface area contributed by atoms with E-state index >= 15 is 0 Å². The minimum Gasteiger partial charge on any atom is -0.478 e. The number of rotatable bonds is 2. The van der Waals surface area contributed by atoms with E-state index in [1.165, 1.54) is 30.5 Å². The molecule has 0 unspecified atom stereocenters. The third-order valence-electron chi connectivity index (χ3n) is 1.36. The van der Waals surface area contributed by atoms with Gasteiger partial charge in [0.15, 0.2) is 0 Å². The maximum atomic E-state index is 10.4. The summed E-state index contributed by atoms with van der Waals surface area (Å²) in [6, 6.07) is 4.79. The van der Waals surface area contributed by atoms with Crippen molar-refractivity contribution >= 4 is 12.0 Å². The van der Waals surface area contributed by atoms with E-state index in [4.69, 9.17) is 10.4 Å². The molecular formula is C9H6N2O2.